The van der Waals surface area contributed by atoms with Crippen molar-refractivity contribution in [2.24, 2.45) is 0 Å². The van der Waals surface area contributed by atoms with E-state index in [9.17, 15) is 13.6 Å². The van der Waals surface area contributed by atoms with Crippen molar-refractivity contribution in [2.45, 2.75) is 43.3 Å². The molecule has 5 nitrogen and oxygen atoms in total. The van der Waals surface area contributed by atoms with Gasteiger partial charge in [-0.25, -0.2) is 13.6 Å². The van der Waals surface area contributed by atoms with Crippen molar-refractivity contribution < 1.29 is 23.0 Å². The van der Waals surface area contributed by atoms with Crippen LogP contribution in [0.15, 0.2) is 18.2 Å². The Balaban J connectivity index is 1.39. The standard InChI is InChI=1S/C19H24F2N2O3/c1-13-19(6-8-25-13)12-23(7-9-26-19)17(24)22-11-18(4-5-18)15-3-2-14(20)10-16(15)21/h2-3,10,13H,4-9,11-12H2,1H3,(H,22,24). The van der Waals surface area contributed by atoms with E-state index in [0.29, 0.717) is 38.4 Å². The first-order chi connectivity index (χ1) is 12.4. The number of carbonyl (C=O) groups excluding carboxylic acids is 1. The molecule has 2 unspecified atom stereocenters. The van der Waals surface area contributed by atoms with Crippen molar-refractivity contribution in [3.05, 3.63) is 35.4 Å². The molecule has 4 rings (SSSR count). The molecule has 3 aliphatic rings. The van der Waals surface area contributed by atoms with Crippen LogP contribution in [0.25, 0.3) is 0 Å². The minimum Gasteiger partial charge on any atom is -0.375 e. The summed E-state index contributed by atoms with van der Waals surface area (Å²) in [5.74, 6) is -1.13. The van der Waals surface area contributed by atoms with Gasteiger partial charge in [-0.3, -0.25) is 0 Å². The second-order valence-corrected chi connectivity index (χ2v) is 7.66. The Hall–Kier alpha value is -1.73. The fourth-order valence-corrected chi connectivity index (χ4v) is 4.11. The van der Waals surface area contributed by atoms with Crippen LogP contribution in [0, 0.1) is 11.6 Å². The summed E-state index contributed by atoms with van der Waals surface area (Å²) in [6.07, 6.45) is 2.31. The topological polar surface area (TPSA) is 50.8 Å². The summed E-state index contributed by atoms with van der Waals surface area (Å²) < 4.78 is 38.8. The van der Waals surface area contributed by atoms with Crippen LogP contribution in [0.1, 0.15) is 31.7 Å². The molecule has 2 heterocycles. The van der Waals surface area contributed by atoms with Crippen LogP contribution in [0.3, 0.4) is 0 Å². The zero-order valence-corrected chi connectivity index (χ0v) is 14.9. The minimum atomic E-state index is -0.586. The number of halogens is 2. The minimum absolute atomic E-state index is 0.0406. The fourth-order valence-electron chi connectivity index (χ4n) is 4.11. The Morgan fingerprint density at radius 1 is 1.31 bits per heavy atom. The first-order valence-corrected chi connectivity index (χ1v) is 9.18. The van der Waals surface area contributed by atoms with E-state index in [-0.39, 0.29) is 12.1 Å². The normalized spacial score (nSPS) is 29.8. The number of urea groups is 1. The molecule has 1 aliphatic carbocycles. The summed E-state index contributed by atoms with van der Waals surface area (Å²) in [7, 11) is 0. The Kier molecular flexibility index (Phi) is 4.39. The Labute approximate surface area is 151 Å². The molecule has 1 saturated carbocycles. The van der Waals surface area contributed by atoms with E-state index in [2.05, 4.69) is 5.32 Å². The van der Waals surface area contributed by atoms with Gasteiger partial charge in [0.05, 0.1) is 19.3 Å². The van der Waals surface area contributed by atoms with Gasteiger partial charge in [0.2, 0.25) is 0 Å². The van der Waals surface area contributed by atoms with Gasteiger partial charge in [0, 0.05) is 37.6 Å². The molecule has 2 saturated heterocycles. The van der Waals surface area contributed by atoms with Crippen molar-refractivity contribution in [3.63, 3.8) is 0 Å². The maximum Gasteiger partial charge on any atom is 0.317 e. The molecule has 2 atom stereocenters. The summed E-state index contributed by atoms with van der Waals surface area (Å²) in [5, 5.41) is 2.95. The molecule has 2 amide bonds. The smallest absolute Gasteiger partial charge is 0.317 e. The summed E-state index contributed by atoms with van der Waals surface area (Å²) in [5.41, 5.74) is -0.354. The lowest BCUT2D eigenvalue weighted by molar-refractivity contribution is -0.125. The van der Waals surface area contributed by atoms with Gasteiger partial charge < -0.3 is 19.7 Å². The maximum absolute atomic E-state index is 14.1. The Morgan fingerprint density at radius 3 is 2.77 bits per heavy atom. The van der Waals surface area contributed by atoms with Gasteiger partial charge in [-0.15, -0.1) is 0 Å². The number of carbonyl (C=O) groups is 1. The van der Waals surface area contributed by atoms with Crippen molar-refractivity contribution in [2.75, 3.05) is 32.8 Å². The molecular weight excluding hydrogens is 342 g/mol. The number of ether oxygens (including phenoxy) is 2. The van der Waals surface area contributed by atoms with Crippen molar-refractivity contribution >= 4 is 6.03 Å². The highest BCUT2D eigenvalue weighted by molar-refractivity contribution is 5.74. The number of nitrogens with one attached hydrogen (secondary N) is 1. The van der Waals surface area contributed by atoms with E-state index in [1.807, 2.05) is 6.92 Å². The van der Waals surface area contributed by atoms with E-state index in [0.717, 1.165) is 25.3 Å². The van der Waals surface area contributed by atoms with Crippen LogP contribution in [0.5, 0.6) is 0 Å². The van der Waals surface area contributed by atoms with Crippen LogP contribution in [0.2, 0.25) is 0 Å². The molecular formula is C19H24F2N2O3. The maximum atomic E-state index is 14.1. The number of hydrogen-bond donors (Lipinski definition) is 1. The molecule has 0 radical (unpaired) electrons. The van der Waals surface area contributed by atoms with Crippen LogP contribution in [-0.2, 0) is 14.9 Å². The lowest BCUT2D eigenvalue weighted by Crippen LogP contribution is -2.59. The number of nitrogens with zero attached hydrogens (tertiary/aromatic N) is 1. The fraction of sp³-hybridized carbons (Fsp3) is 0.632. The van der Waals surface area contributed by atoms with E-state index in [1.54, 1.807) is 4.90 Å². The zero-order valence-electron chi connectivity index (χ0n) is 14.9. The molecule has 3 fully saturated rings. The lowest BCUT2D eigenvalue weighted by atomic mass is 9.94. The largest absolute Gasteiger partial charge is 0.375 e. The summed E-state index contributed by atoms with van der Waals surface area (Å²) in [4.78, 5) is 14.4. The van der Waals surface area contributed by atoms with E-state index in [4.69, 9.17) is 9.47 Å². The zero-order chi connectivity index (χ0) is 18.4. The number of benzene rings is 1. The first-order valence-electron chi connectivity index (χ1n) is 9.18. The molecule has 1 aromatic carbocycles. The Bertz CT molecular complexity index is 710. The van der Waals surface area contributed by atoms with E-state index >= 15 is 0 Å². The molecule has 0 aromatic heterocycles. The van der Waals surface area contributed by atoms with Gasteiger partial charge in [-0.1, -0.05) is 6.07 Å². The van der Waals surface area contributed by atoms with Crippen molar-refractivity contribution in [1.82, 2.24) is 10.2 Å². The van der Waals surface area contributed by atoms with Crippen molar-refractivity contribution in [1.29, 1.82) is 0 Å². The third-order valence-electron chi connectivity index (χ3n) is 6.06. The number of morpholine rings is 1. The van der Waals surface area contributed by atoms with E-state index < -0.39 is 22.7 Å². The van der Waals surface area contributed by atoms with Crippen molar-refractivity contribution in [3.8, 4) is 0 Å². The molecule has 1 N–H and O–H groups in total. The number of hydrogen-bond acceptors (Lipinski definition) is 3. The molecule has 7 heteroatoms. The van der Waals surface area contributed by atoms with Gasteiger partial charge in [0.1, 0.15) is 17.2 Å². The van der Waals surface area contributed by atoms with E-state index in [1.165, 1.54) is 12.1 Å². The highest BCUT2D eigenvalue weighted by Crippen LogP contribution is 2.48. The average Bonchev–Trinajstić information content (AvgIpc) is 3.33. The molecule has 26 heavy (non-hydrogen) atoms. The van der Waals surface area contributed by atoms with Crippen LogP contribution < -0.4 is 5.32 Å². The lowest BCUT2D eigenvalue weighted by Gasteiger charge is -2.42. The second-order valence-electron chi connectivity index (χ2n) is 7.66. The first kappa shape index (κ1) is 17.7. The quantitative estimate of drug-likeness (QED) is 0.895. The van der Waals surface area contributed by atoms with Crippen LogP contribution in [-0.4, -0.2) is 55.5 Å². The SMILES string of the molecule is CC1OCCC12CN(C(=O)NCC1(c3ccc(F)cc3F)CC1)CCO2. The molecule has 2 aliphatic heterocycles. The van der Waals surface area contributed by atoms with Gasteiger partial charge in [0.25, 0.3) is 0 Å². The highest BCUT2D eigenvalue weighted by Gasteiger charge is 2.48. The third-order valence-corrected chi connectivity index (χ3v) is 6.06. The van der Waals surface area contributed by atoms with Crippen LogP contribution in [0.4, 0.5) is 13.6 Å². The molecule has 1 aromatic rings. The summed E-state index contributed by atoms with van der Waals surface area (Å²) in [6, 6.07) is 3.50. The summed E-state index contributed by atoms with van der Waals surface area (Å²) in [6.45, 7) is 4.48. The van der Waals surface area contributed by atoms with Gasteiger partial charge >= 0.3 is 6.03 Å². The molecule has 142 valence electrons. The molecule has 1 spiro atoms. The monoisotopic (exact) mass is 366 g/mol. The third kappa shape index (κ3) is 3.07. The number of amides is 2. The van der Waals surface area contributed by atoms with Gasteiger partial charge in [-0.2, -0.15) is 0 Å². The second kappa shape index (κ2) is 6.46. The molecule has 0 bridgehead atoms. The predicted octanol–water partition coefficient (Wildman–Crippen LogP) is 2.59. The van der Waals surface area contributed by atoms with Gasteiger partial charge in [0.15, 0.2) is 0 Å². The Morgan fingerprint density at radius 2 is 2.12 bits per heavy atom. The highest BCUT2D eigenvalue weighted by atomic mass is 19.1. The summed E-state index contributed by atoms with van der Waals surface area (Å²) >= 11 is 0. The van der Waals surface area contributed by atoms with Gasteiger partial charge in [-0.05, 0) is 31.4 Å². The predicted molar refractivity (Wildman–Crippen MR) is 91.0 cm³/mol. The number of rotatable bonds is 3. The van der Waals surface area contributed by atoms with Crippen LogP contribution >= 0.6 is 0 Å². The average molecular weight is 366 g/mol.